The maximum absolute atomic E-state index is 12.0. The zero-order valence-electron chi connectivity index (χ0n) is 12.3. The minimum Gasteiger partial charge on any atom is -0.480 e. The zero-order chi connectivity index (χ0) is 14.6. The van der Waals surface area contributed by atoms with E-state index in [0.29, 0.717) is 19.0 Å². The minimum absolute atomic E-state index is 0.282. The van der Waals surface area contributed by atoms with E-state index < -0.39 is 11.5 Å². The highest BCUT2D eigenvalue weighted by Crippen LogP contribution is 2.18. The van der Waals surface area contributed by atoms with Crippen molar-refractivity contribution in [3.63, 3.8) is 0 Å². The van der Waals surface area contributed by atoms with Gasteiger partial charge in [-0.2, -0.15) is 0 Å². The summed E-state index contributed by atoms with van der Waals surface area (Å²) < 4.78 is 0. The van der Waals surface area contributed by atoms with Gasteiger partial charge in [0.25, 0.3) is 0 Å². The molecule has 0 atom stereocenters. The summed E-state index contributed by atoms with van der Waals surface area (Å²) in [7, 11) is 4.10. The largest absolute Gasteiger partial charge is 0.480 e. The molecule has 0 saturated carbocycles. The van der Waals surface area contributed by atoms with Crippen LogP contribution in [-0.2, 0) is 4.79 Å². The molecular weight excluding hydrogens is 246 g/mol. The first-order valence-electron chi connectivity index (χ1n) is 6.67. The van der Waals surface area contributed by atoms with Gasteiger partial charge in [-0.05, 0) is 46.7 Å². The lowest BCUT2D eigenvalue weighted by molar-refractivity contribution is -0.143. The molecule has 0 radical (unpaired) electrons. The third kappa shape index (κ3) is 4.70. The minimum atomic E-state index is -1.22. The van der Waals surface area contributed by atoms with E-state index in [-0.39, 0.29) is 6.03 Å². The van der Waals surface area contributed by atoms with E-state index in [9.17, 15) is 9.59 Å². The van der Waals surface area contributed by atoms with Crippen LogP contribution in [0.15, 0.2) is 0 Å². The molecule has 2 amide bonds. The first-order valence-corrected chi connectivity index (χ1v) is 6.67. The van der Waals surface area contributed by atoms with Crippen molar-refractivity contribution < 1.29 is 14.7 Å². The third-order valence-corrected chi connectivity index (χ3v) is 3.48. The number of carbonyl (C=O) groups excluding carboxylic acids is 1. The topological polar surface area (TPSA) is 72.9 Å². The van der Waals surface area contributed by atoms with E-state index in [2.05, 4.69) is 24.3 Å². The number of carboxylic acid groups (broad SMARTS) is 1. The molecule has 1 rings (SSSR count). The lowest BCUT2D eigenvalue weighted by Gasteiger charge is -2.35. The zero-order valence-corrected chi connectivity index (χ0v) is 12.3. The van der Waals surface area contributed by atoms with Gasteiger partial charge in [0, 0.05) is 19.6 Å². The Morgan fingerprint density at radius 2 is 1.84 bits per heavy atom. The van der Waals surface area contributed by atoms with Gasteiger partial charge in [-0.3, -0.25) is 0 Å². The Bertz CT molecular complexity index is 334. The van der Waals surface area contributed by atoms with Gasteiger partial charge in [0.15, 0.2) is 0 Å². The number of carbonyl (C=O) groups is 2. The first-order chi connectivity index (χ1) is 8.72. The number of nitrogens with one attached hydrogen (secondary N) is 1. The van der Waals surface area contributed by atoms with Crippen LogP contribution in [0.25, 0.3) is 0 Å². The van der Waals surface area contributed by atoms with Crippen molar-refractivity contribution in [3.05, 3.63) is 0 Å². The number of urea groups is 1. The SMILES string of the molecule is CN(C)CC1CCN(C(=O)NC(C)(C)C(=O)O)CC1. The Labute approximate surface area is 114 Å². The molecule has 0 aromatic carbocycles. The summed E-state index contributed by atoms with van der Waals surface area (Å²) >= 11 is 0. The van der Waals surface area contributed by atoms with E-state index >= 15 is 0 Å². The number of aliphatic carboxylic acids is 1. The van der Waals surface area contributed by atoms with E-state index in [1.54, 1.807) is 4.90 Å². The van der Waals surface area contributed by atoms with Crippen LogP contribution in [0.5, 0.6) is 0 Å². The summed E-state index contributed by atoms with van der Waals surface area (Å²) in [6.07, 6.45) is 1.94. The molecule has 1 aliphatic heterocycles. The van der Waals surface area contributed by atoms with E-state index in [4.69, 9.17) is 5.11 Å². The Morgan fingerprint density at radius 3 is 2.26 bits per heavy atom. The van der Waals surface area contributed by atoms with E-state index in [1.807, 2.05) is 0 Å². The van der Waals surface area contributed by atoms with Gasteiger partial charge < -0.3 is 20.2 Å². The fourth-order valence-electron chi connectivity index (χ4n) is 2.23. The number of rotatable bonds is 4. The molecule has 0 spiro atoms. The quantitative estimate of drug-likeness (QED) is 0.794. The molecule has 2 N–H and O–H groups in total. The van der Waals surface area contributed by atoms with Crippen molar-refractivity contribution in [3.8, 4) is 0 Å². The van der Waals surface area contributed by atoms with Crippen molar-refractivity contribution in [2.24, 2.45) is 5.92 Å². The summed E-state index contributed by atoms with van der Waals surface area (Å²) in [4.78, 5) is 26.8. The number of hydrogen-bond acceptors (Lipinski definition) is 3. The Balaban J connectivity index is 2.43. The van der Waals surface area contributed by atoms with Crippen LogP contribution >= 0.6 is 0 Å². The predicted octanol–water partition coefficient (Wildman–Crippen LogP) is 0.833. The Hall–Kier alpha value is -1.30. The van der Waals surface area contributed by atoms with Crippen LogP contribution in [0, 0.1) is 5.92 Å². The van der Waals surface area contributed by atoms with Crippen LogP contribution in [0.1, 0.15) is 26.7 Å². The molecule has 19 heavy (non-hydrogen) atoms. The summed E-state index contributed by atoms with van der Waals surface area (Å²) in [5, 5.41) is 11.5. The molecule has 110 valence electrons. The van der Waals surface area contributed by atoms with Crippen LogP contribution in [0.4, 0.5) is 4.79 Å². The van der Waals surface area contributed by atoms with Crippen molar-refractivity contribution in [1.82, 2.24) is 15.1 Å². The number of piperidine rings is 1. The average molecular weight is 271 g/mol. The molecule has 6 nitrogen and oxygen atoms in total. The second-order valence-electron chi connectivity index (χ2n) is 6.05. The van der Waals surface area contributed by atoms with Gasteiger partial charge in [0.05, 0.1) is 0 Å². The van der Waals surface area contributed by atoms with Crippen molar-refractivity contribution in [2.45, 2.75) is 32.2 Å². The fourth-order valence-corrected chi connectivity index (χ4v) is 2.23. The van der Waals surface area contributed by atoms with Gasteiger partial charge in [0.1, 0.15) is 5.54 Å². The normalized spacial score (nSPS) is 17.6. The number of carboxylic acids is 1. The number of hydrogen-bond donors (Lipinski definition) is 2. The second kappa shape index (κ2) is 6.23. The predicted molar refractivity (Wildman–Crippen MR) is 73.1 cm³/mol. The van der Waals surface area contributed by atoms with Gasteiger partial charge in [-0.25, -0.2) is 9.59 Å². The summed E-state index contributed by atoms with van der Waals surface area (Å²) in [5.74, 6) is -0.408. The van der Waals surface area contributed by atoms with Crippen LogP contribution in [0.3, 0.4) is 0 Å². The molecule has 1 aliphatic rings. The van der Waals surface area contributed by atoms with Crippen molar-refractivity contribution >= 4 is 12.0 Å². The number of nitrogens with zero attached hydrogens (tertiary/aromatic N) is 2. The monoisotopic (exact) mass is 271 g/mol. The molecule has 0 aromatic heterocycles. The molecule has 0 aliphatic carbocycles. The van der Waals surface area contributed by atoms with Crippen LogP contribution in [-0.4, -0.2) is 66.2 Å². The molecule has 0 bridgehead atoms. The standard InChI is InChI=1S/C13H25N3O3/c1-13(2,11(17)18)14-12(19)16-7-5-10(6-8-16)9-15(3)4/h10H,5-9H2,1-4H3,(H,14,19)(H,17,18). The molecule has 6 heteroatoms. The van der Waals surface area contributed by atoms with Gasteiger partial charge in [0.2, 0.25) is 0 Å². The maximum atomic E-state index is 12.0. The first kappa shape index (κ1) is 15.8. The lowest BCUT2D eigenvalue weighted by atomic mass is 9.96. The Kier molecular flexibility index (Phi) is 5.17. The molecule has 0 unspecified atom stereocenters. The van der Waals surface area contributed by atoms with E-state index in [0.717, 1.165) is 19.4 Å². The second-order valence-corrected chi connectivity index (χ2v) is 6.05. The summed E-state index contributed by atoms with van der Waals surface area (Å²) in [6.45, 7) is 5.41. The smallest absolute Gasteiger partial charge is 0.328 e. The molecule has 0 aromatic rings. The lowest BCUT2D eigenvalue weighted by Crippen LogP contribution is -2.55. The molecule has 1 heterocycles. The highest BCUT2D eigenvalue weighted by atomic mass is 16.4. The summed E-state index contributed by atoms with van der Waals surface area (Å²) in [5.41, 5.74) is -1.22. The third-order valence-electron chi connectivity index (χ3n) is 3.48. The highest BCUT2D eigenvalue weighted by Gasteiger charge is 2.32. The van der Waals surface area contributed by atoms with Crippen molar-refractivity contribution in [1.29, 1.82) is 0 Å². The summed E-state index contributed by atoms with van der Waals surface area (Å²) in [6, 6.07) is -0.282. The fraction of sp³-hybridized carbons (Fsp3) is 0.846. The van der Waals surface area contributed by atoms with Gasteiger partial charge in [-0.15, -0.1) is 0 Å². The number of amides is 2. The van der Waals surface area contributed by atoms with Gasteiger partial charge in [-0.1, -0.05) is 0 Å². The maximum Gasteiger partial charge on any atom is 0.328 e. The average Bonchev–Trinajstić information content (AvgIpc) is 2.28. The van der Waals surface area contributed by atoms with Crippen molar-refractivity contribution in [2.75, 3.05) is 33.7 Å². The molecule has 1 fully saturated rings. The van der Waals surface area contributed by atoms with Crippen LogP contribution in [0.2, 0.25) is 0 Å². The molecular formula is C13H25N3O3. The number of likely N-dealkylation sites (tertiary alicyclic amines) is 1. The van der Waals surface area contributed by atoms with E-state index in [1.165, 1.54) is 13.8 Å². The van der Waals surface area contributed by atoms with Gasteiger partial charge >= 0.3 is 12.0 Å². The molecule has 1 saturated heterocycles. The highest BCUT2D eigenvalue weighted by molar-refractivity contribution is 5.85. The Morgan fingerprint density at radius 1 is 1.32 bits per heavy atom. The van der Waals surface area contributed by atoms with Crippen LogP contribution < -0.4 is 5.32 Å².